The van der Waals surface area contributed by atoms with E-state index >= 15 is 0 Å². The maximum absolute atomic E-state index is 14.0. The van der Waals surface area contributed by atoms with E-state index in [1.807, 2.05) is 6.92 Å². The highest BCUT2D eigenvalue weighted by molar-refractivity contribution is 8.00. The number of benzene rings is 1. The number of fused-ring (bicyclic) bond motifs is 1. The summed E-state index contributed by atoms with van der Waals surface area (Å²) < 4.78 is 19.4. The number of halogens is 1. The predicted molar refractivity (Wildman–Crippen MR) is 69.0 cm³/mol. The Morgan fingerprint density at radius 3 is 2.89 bits per heavy atom. The second-order valence-electron chi connectivity index (χ2n) is 4.63. The van der Waals surface area contributed by atoms with Crippen molar-refractivity contribution in [1.82, 2.24) is 0 Å². The lowest BCUT2D eigenvalue weighted by Gasteiger charge is -2.14. The molecule has 1 aromatic rings. The zero-order chi connectivity index (χ0) is 13.6. The number of hydrogen-bond acceptors (Lipinski definition) is 4. The highest BCUT2D eigenvalue weighted by Crippen LogP contribution is 2.37. The summed E-state index contributed by atoms with van der Waals surface area (Å²) in [5.41, 5.74) is 0.507. The van der Waals surface area contributed by atoms with Crippen molar-refractivity contribution >= 4 is 29.1 Å². The predicted octanol–water partition coefficient (Wildman–Crippen LogP) is 2.23. The van der Waals surface area contributed by atoms with Gasteiger partial charge in [-0.05, 0) is 25.5 Å². The molecule has 2 aliphatic rings. The van der Waals surface area contributed by atoms with Crippen LogP contribution in [-0.4, -0.2) is 29.7 Å². The molecule has 1 aromatic carbocycles. The molecule has 2 unspecified atom stereocenters. The third-order valence-electron chi connectivity index (χ3n) is 3.36. The van der Waals surface area contributed by atoms with Gasteiger partial charge in [-0.15, -0.1) is 11.8 Å². The van der Waals surface area contributed by atoms with Crippen LogP contribution in [0, 0.1) is 5.82 Å². The highest BCUT2D eigenvalue weighted by atomic mass is 32.2. The molecule has 0 spiro atoms. The Morgan fingerprint density at radius 1 is 1.42 bits per heavy atom. The maximum Gasteiger partial charge on any atom is 0.296 e. The van der Waals surface area contributed by atoms with E-state index in [0.717, 1.165) is 12.5 Å². The van der Waals surface area contributed by atoms with Gasteiger partial charge in [-0.2, -0.15) is 0 Å². The topological polar surface area (TPSA) is 55.4 Å². The molecular formula is C13H12FNO3S. The van der Waals surface area contributed by atoms with Gasteiger partial charge in [0, 0.05) is 16.8 Å². The Balaban J connectivity index is 1.90. The normalized spacial score (nSPS) is 25.6. The first kappa shape index (κ1) is 12.6. The van der Waals surface area contributed by atoms with E-state index in [4.69, 9.17) is 4.74 Å². The van der Waals surface area contributed by atoms with Crippen molar-refractivity contribution in [3.63, 3.8) is 0 Å². The summed E-state index contributed by atoms with van der Waals surface area (Å²) in [7, 11) is 0. The minimum atomic E-state index is -0.700. The van der Waals surface area contributed by atoms with E-state index in [0.29, 0.717) is 17.2 Å². The fourth-order valence-corrected chi connectivity index (χ4v) is 3.43. The van der Waals surface area contributed by atoms with Gasteiger partial charge in [-0.25, -0.2) is 4.39 Å². The first-order chi connectivity index (χ1) is 9.06. The SMILES string of the molecule is CC1OCCC1Sc1cc2c(cc1F)C(=O)C(=O)N2. The minimum Gasteiger partial charge on any atom is -0.377 e. The summed E-state index contributed by atoms with van der Waals surface area (Å²) >= 11 is 1.39. The molecule has 19 heavy (non-hydrogen) atoms. The Bertz CT molecular complexity index is 575. The van der Waals surface area contributed by atoms with E-state index in [1.54, 1.807) is 0 Å². The van der Waals surface area contributed by atoms with E-state index in [2.05, 4.69) is 5.32 Å². The third-order valence-corrected chi connectivity index (χ3v) is 4.84. The Morgan fingerprint density at radius 2 is 2.21 bits per heavy atom. The van der Waals surface area contributed by atoms with Crippen molar-refractivity contribution < 1.29 is 18.7 Å². The number of nitrogens with one attached hydrogen (secondary N) is 1. The lowest BCUT2D eigenvalue weighted by atomic mass is 10.1. The van der Waals surface area contributed by atoms with Crippen LogP contribution in [0.2, 0.25) is 0 Å². The number of anilines is 1. The zero-order valence-corrected chi connectivity index (χ0v) is 11.1. The average molecular weight is 281 g/mol. The molecule has 4 nitrogen and oxygen atoms in total. The highest BCUT2D eigenvalue weighted by Gasteiger charge is 2.31. The summed E-state index contributed by atoms with van der Waals surface area (Å²) in [6.07, 6.45) is 0.946. The second-order valence-corrected chi connectivity index (χ2v) is 5.91. The summed E-state index contributed by atoms with van der Waals surface area (Å²) in [5, 5.41) is 2.65. The molecule has 2 atom stereocenters. The van der Waals surface area contributed by atoms with Crippen molar-refractivity contribution in [2.24, 2.45) is 0 Å². The lowest BCUT2D eigenvalue weighted by Crippen LogP contribution is -2.13. The molecule has 0 bridgehead atoms. The van der Waals surface area contributed by atoms with Gasteiger partial charge in [-0.3, -0.25) is 9.59 Å². The first-order valence-electron chi connectivity index (χ1n) is 6.04. The van der Waals surface area contributed by atoms with Gasteiger partial charge in [0.1, 0.15) is 5.82 Å². The molecule has 100 valence electrons. The van der Waals surface area contributed by atoms with Crippen molar-refractivity contribution in [2.45, 2.75) is 29.6 Å². The quantitative estimate of drug-likeness (QED) is 0.845. The zero-order valence-electron chi connectivity index (χ0n) is 10.2. The molecule has 1 fully saturated rings. The van der Waals surface area contributed by atoms with Crippen LogP contribution in [0.1, 0.15) is 23.7 Å². The van der Waals surface area contributed by atoms with Crippen LogP contribution >= 0.6 is 11.8 Å². The van der Waals surface area contributed by atoms with Crippen molar-refractivity contribution in [1.29, 1.82) is 0 Å². The van der Waals surface area contributed by atoms with Gasteiger partial charge >= 0.3 is 0 Å². The summed E-state index contributed by atoms with van der Waals surface area (Å²) in [6.45, 7) is 2.64. The first-order valence-corrected chi connectivity index (χ1v) is 6.91. The van der Waals surface area contributed by atoms with Gasteiger partial charge < -0.3 is 10.1 Å². The van der Waals surface area contributed by atoms with Crippen LogP contribution in [0.25, 0.3) is 0 Å². The van der Waals surface area contributed by atoms with Gasteiger partial charge in [0.2, 0.25) is 0 Å². The molecule has 2 aliphatic heterocycles. The largest absolute Gasteiger partial charge is 0.377 e. The van der Waals surface area contributed by atoms with E-state index < -0.39 is 17.5 Å². The second kappa shape index (κ2) is 4.61. The van der Waals surface area contributed by atoms with Crippen molar-refractivity contribution in [2.75, 3.05) is 11.9 Å². The maximum atomic E-state index is 14.0. The Labute approximate surface area is 113 Å². The number of carbonyl (C=O) groups is 2. The fraction of sp³-hybridized carbons (Fsp3) is 0.385. The number of ketones is 1. The van der Waals surface area contributed by atoms with Gasteiger partial charge in [-0.1, -0.05) is 0 Å². The lowest BCUT2D eigenvalue weighted by molar-refractivity contribution is -0.112. The molecule has 0 aromatic heterocycles. The monoisotopic (exact) mass is 281 g/mol. The molecule has 2 heterocycles. The standard InChI is InChI=1S/C13H12FNO3S/c1-6-10(2-3-18-6)19-11-5-9-7(4-8(11)14)12(16)13(17)15-9/h4-6,10H,2-3H2,1H3,(H,15,16,17). The molecule has 1 saturated heterocycles. The van der Waals surface area contributed by atoms with Crippen LogP contribution in [0.3, 0.4) is 0 Å². The van der Waals surface area contributed by atoms with E-state index in [9.17, 15) is 14.0 Å². The van der Waals surface area contributed by atoms with Crippen molar-refractivity contribution in [3.8, 4) is 0 Å². The molecule has 1 amide bonds. The number of amides is 1. The van der Waals surface area contributed by atoms with E-state index in [-0.39, 0.29) is 16.9 Å². The molecule has 3 rings (SSSR count). The van der Waals surface area contributed by atoms with Crippen LogP contribution in [0.4, 0.5) is 10.1 Å². The number of thioether (sulfide) groups is 1. The van der Waals surface area contributed by atoms with Gasteiger partial charge in [0.15, 0.2) is 0 Å². The molecule has 0 saturated carbocycles. The minimum absolute atomic E-state index is 0.0777. The number of carbonyl (C=O) groups excluding carboxylic acids is 2. The number of Topliss-reactive ketones (excluding diaryl/α,β-unsaturated/α-hetero) is 1. The van der Waals surface area contributed by atoms with Gasteiger partial charge in [0.25, 0.3) is 11.7 Å². The summed E-state index contributed by atoms with van der Waals surface area (Å²) in [6, 6.07) is 2.67. The number of ether oxygens (including phenoxy) is 1. The Hall–Kier alpha value is -1.40. The van der Waals surface area contributed by atoms with Crippen LogP contribution in [0.15, 0.2) is 17.0 Å². The molecule has 1 N–H and O–H groups in total. The van der Waals surface area contributed by atoms with Crippen molar-refractivity contribution in [3.05, 3.63) is 23.5 Å². The molecule has 0 aliphatic carbocycles. The average Bonchev–Trinajstić information content (AvgIpc) is 2.88. The number of rotatable bonds is 2. The van der Waals surface area contributed by atoms with Gasteiger partial charge in [0.05, 0.1) is 17.4 Å². The van der Waals surface area contributed by atoms with E-state index in [1.165, 1.54) is 17.8 Å². The summed E-state index contributed by atoms with van der Waals surface area (Å²) in [4.78, 5) is 23.1. The number of hydrogen-bond donors (Lipinski definition) is 1. The molecular weight excluding hydrogens is 269 g/mol. The van der Waals surface area contributed by atoms with Crippen LogP contribution < -0.4 is 5.32 Å². The fourth-order valence-electron chi connectivity index (χ4n) is 2.27. The Kier molecular flexibility index (Phi) is 3.06. The summed E-state index contributed by atoms with van der Waals surface area (Å²) in [5.74, 6) is -1.84. The van der Waals surface area contributed by atoms with Crippen LogP contribution in [-0.2, 0) is 9.53 Å². The molecule has 6 heteroatoms. The smallest absolute Gasteiger partial charge is 0.296 e. The molecule has 0 radical (unpaired) electrons. The third kappa shape index (κ3) is 2.15. The van der Waals surface area contributed by atoms with Crippen LogP contribution in [0.5, 0.6) is 0 Å².